The van der Waals surface area contributed by atoms with Gasteiger partial charge in [0.2, 0.25) is 0 Å². The van der Waals surface area contributed by atoms with Gasteiger partial charge in [0.25, 0.3) is 5.91 Å². The monoisotopic (exact) mass is 387 g/mol. The molecule has 0 bridgehead atoms. The van der Waals surface area contributed by atoms with Gasteiger partial charge in [0.15, 0.2) is 0 Å². The maximum atomic E-state index is 12.6. The summed E-state index contributed by atoms with van der Waals surface area (Å²) >= 11 is 0. The first-order chi connectivity index (χ1) is 14.3. The molecule has 4 rings (SSSR count). The molecular weight excluding hydrogens is 366 g/mol. The number of fused-ring (bicyclic) bond motifs is 1. The third-order valence-corrected chi connectivity index (χ3v) is 4.67. The Morgan fingerprint density at radius 2 is 2.00 bits per heavy atom. The van der Waals surface area contributed by atoms with Crippen molar-refractivity contribution < 1.29 is 9.53 Å². The van der Waals surface area contributed by atoms with Crippen molar-refractivity contribution in [3.05, 3.63) is 73.2 Å². The summed E-state index contributed by atoms with van der Waals surface area (Å²) in [5.41, 5.74) is 2.81. The Balaban J connectivity index is 1.56. The van der Waals surface area contributed by atoms with Crippen molar-refractivity contribution >= 4 is 16.8 Å². The summed E-state index contributed by atoms with van der Waals surface area (Å²) in [4.78, 5) is 25.6. The number of amides is 1. The second kappa shape index (κ2) is 8.52. The van der Waals surface area contributed by atoms with E-state index in [-0.39, 0.29) is 5.91 Å². The molecular formula is C22H21N5O2. The minimum atomic E-state index is -0.194. The average Bonchev–Trinajstić information content (AvgIpc) is 3.29. The maximum Gasteiger partial charge on any atom is 0.269 e. The zero-order chi connectivity index (χ0) is 20.1. The molecule has 1 N–H and O–H groups in total. The van der Waals surface area contributed by atoms with E-state index in [1.807, 2.05) is 41.1 Å². The summed E-state index contributed by atoms with van der Waals surface area (Å²) in [5.74, 6) is 0.540. The van der Waals surface area contributed by atoms with Crippen molar-refractivity contribution in [2.24, 2.45) is 0 Å². The van der Waals surface area contributed by atoms with Crippen molar-refractivity contribution in [3.63, 3.8) is 0 Å². The van der Waals surface area contributed by atoms with Gasteiger partial charge in [-0.1, -0.05) is 18.2 Å². The third-order valence-electron chi connectivity index (χ3n) is 4.67. The third kappa shape index (κ3) is 4.08. The van der Waals surface area contributed by atoms with Gasteiger partial charge in [-0.05, 0) is 24.6 Å². The molecule has 3 heterocycles. The van der Waals surface area contributed by atoms with Crippen molar-refractivity contribution in [1.82, 2.24) is 24.8 Å². The Morgan fingerprint density at radius 1 is 1.10 bits per heavy atom. The smallest absolute Gasteiger partial charge is 0.269 e. The molecule has 3 aromatic heterocycles. The molecule has 0 spiro atoms. The fraction of sp³-hybridized carbons (Fsp3) is 0.182. The first-order valence-electron chi connectivity index (χ1n) is 9.38. The lowest BCUT2D eigenvalue weighted by Gasteiger charge is -2.11. The molecule has 7 heteroatoms. The Morgan fingerprint density at radius 3 is 2.83 bits per heavy atom. The van der Waals surface area contributed by atoms with Crippen LogP contribution < -0.4 is 10.1 Å². The Bertz CT molecular complexity index is 1130. The maximum absolute atomic E-state index is 12.6. The molecule has 0 saturated carbocycles. The quantitative estimate of drug-likeness (QED) is 0.492. The lowest BCUT2D eigenvalue weighted by Crippen LogP contribution is -2.26. The Hall–Kier alpha value is -3.74. The summed E-state index contributed by atoms with van der Waals surface area (Å²) in [6.45, 7) is 1.36. The highest BCUT2D eigenvalue weighted by molar-refractivity contribution is 5.99. The van der Waals surface area contributed by atoms with E-state index in [4.69, 9.17) is 4.74 Å². The zero-order valence-electron chi connectivity index (χ0n) is 16.1. The van der Waals surface area contributed by atoms with E-state index < -0.39 is 0 Å². The molecule has 0 saturated heterocycles. The predicted octanol–water partition coefficient (Wildman–Crippen LogP) is 3.32. The molecule has 0 fully saturated rings. The van der Waals surface area contributed by atoms with Gasteiger partial charge < -0.3 is 14.6 Å². The number of aromatic nitrogens is 4. The lowest BCUT2D eigenvalue weighted by atomic mass is 10.0. The zero-order valence-corrected chi connectivity index (χ0v) is 16.1. The summed E-state index contributed by atoms with van der Waals surface area (Å²) in [6.07, 6.45) is 9.71. The van der Waals surface area contributed by atoms with E-state index in [0.29, 0.717) is 12.2 Å². The highest BCUT2D eigenvalue weighted by atomic mass is 16.5. The van der Waals surface area contributed by atoms with Crippen LogP contribution in [0.15, 0.2) is 67.5 Å². The topological polar surface area (TPSA) is 81.9 Å². The summed E-state index contributed by atoms with van der Waals surface area (Å²) in [6, 6.07) is 11.3. The van der Waals surface area contributed by atoms with E-state index in [0.717, 1.165) is 40.7 Å². The summed E-state index contributed by atoms with van der Waals surface area (Å²) in [7, 11) is 1.63. The minimum Gasteiger partial charge on any atom is -0.496 e. The van der Waals surface area contributed by atoms with Crippen molar-refractivity contribution in [2.75, 3.05) is 13.7 Å². The second-order valence-corrected chi connectivity index (χ2v) is 6.57. The fourth-order valence-electron chi connectivity index (χ4n) is 3.21. The molecule has 4 aromatic rings. The van der Waals surface area contributed by atoms with Crippen LogP contribution in [0.1, 0.15) is 16.9 Å². The van der Waals surface area contributed by atoms with Gasteiger partial charge in [0, 0.05) is 54.4 Å². The van der Waals surface area contributed by atoms with E-state index in [1.165, 1.54) is 0 Å². The molecule has 7 nitrogen and oxygen atoms in total. The number of ether oxygens (including phenoxy) is 1. The molecule has 146 valence electrons. The molecule has 29 heavy (non-hydrogen) atoms. The van der Waals surface area contributed by atoms with Crippen LogP contribution in [0.5, 0.6) is 5.75 Å². The van der Waals surface area contributed by atoms with Crippen molar-refractivity contribution in [2.45, 2.75) is 13.0 Å². The number of nitrogens with zero attached hydrogens (tertiary/aromatic N) is 4. The molecule has 0 aliphatic carbocycles. The van der Waals surface area contributed by atoms with Crippen LogP contribution in [0.25, 0.3) is 22.0 Å². The van der Waals surface area contributed by atoms with Gasteiger partial charge in [-0.15, -0.1) is 0 Å². The first kappa shape index (κ1) is 18.6. The molecule has 1 amide bonds. The number of rotatable bonds is 7. The molecule has 0 aliphatic heterocycles. The number of aryl methyl sites for hydroxylation is 1. The molecule has 1 aromatic carbocycles. The Labute approximate surface area is 168 Å². The minimum absolute atomic E-state index is 0.194. The number of carbonyl (C=O) groups is 1. The summed E-state index contributed by atoms with van der Waals surface area (Å²) < 4.78 is 7.46. The molecule has 0 atom stereocenters. The highest BCUT2D eigenvalue weighted by Gasteiger charge is 2.13. The van der Waals surface area contributed by atoms with Crippen LogP contribution in [-0.2, 0) is 6.54 Å². The number of hydrogen-bond donors (Lipinski definition) is 1. The summed E-state index contributed by atoms with van der Waals surface area (Å²) in [5, 5.41) is 3.80. The van der Waals surface area contributed by atoms with Crippen molar-refractivity contribution in [3.8, 4) is 16.9 Å². The Kier molecular flexibility index (Phi) is 5.47. The number of nitrogens with one attached hydrogen (secondary N) is 1. The van der Waals surface area contributed by atoms with Crippen LogP contribution in [0, 0.1) is 0 Å². The van der Waals surface area contributed by atoms with E-state index in [9.17, 15) is 4.79 Å². The first-order valence-corrected chi connectivity index (χ1v) is 9.38. The highest BCUT2D eigenvalue weighted by Crippen LogP contribution is 2.33. The van der Waals surface area contributed by atoms with Gasteiger partial charge in [-0.2, -0.15) is 0 Å². The van der Waals surface area contributed by atoms with Crippen LogP contribution in [0.4, 0.5) is 0 Å². The number of para-hydroxylation sites is 1. The van der Waals surface area contributed by atoms with E-state index >= 15 is 0 Å². The largest absolute Gasteiger partial charge is 0.496 e. The number of pyridine rings is 2. The fourth-order valence-corrected chi connectivity index (χ4v) is 3.21. The standard InChI is InChI=1S/C22H21N5O2/c1-29-20-6-3-2-5-17(20)18-14-24-13-16-7-8-19(26-21(16)18)22(28)25-9-4-11-27-12-10-23-15-27/h2-3,5-8,10,12-15H,4,9,11H2,1H3,(H,25,28). The second-order valence-electron chi connectivity index (χ2n) is 6.57. The van der Waals surface area contributed by atoms with Gasteiger partial charge >= 0.3 is 0 Å². The number of hydrogen-bond acceptors (Lipinski definition) is 5. The van der Waals surface area contributed by atoms with Crippen LogP contribution in [0.3, 0.4) is 0 Å². The van der Waals surface area contributed by atoms with E-state index in [1.54, 1.807) is 38.1 Å². The van der Waals surface area contributed by atoms with Crippen molar-refractivity contribution in [1.29, 1.82) is 0 Å². The van der Waals surface area contributed by atoms with Gasteiger partial charge in [-0.25, -0.2) is 9.97 Å². The van der Waals surface area contributed by atoms with Crippen LogP contribution in [-0.4, -0.2) is 39.1 Å². The van der Waals surface area contributed by atoms with E-state index in [2.05, 4.69) is 20.3 Å². The molecule has 0 radical (unpaired) electrons. The SMILES string of the molecule is COc1ccccc1-c1cncc2ccc(C(=O)NCCCn3ccnc3)nc12. The number of methoxy groups -OCH3 is 1. The molecule has 0 aliphatic rings. The van der Waals surface area contributed by atoms with Crippen LogP contribution >= 0.6 is 0 Å². The number of carbonyl (C=O) groups excluding carboxylic acids is 1. The average molecular weight is 387 g/mol. The van der Waals surface area contributed by atoms with Crippen LogP contribution in [0.2, 0.25) is 0 Å². The number of imidazole rings is 1. The lowest BCUT2D eigenvalue weighted by molar-refractivity contribution is 0.0948. The van der Waals surface area contributed by atoms with Gasteiger partial charge in [0.05, 0.1) is 19.0 Å². The van der Waals surface area contributed by atoms with Gasteiger partial charge in [-0.3, -0.25) is 9.78 Å². The predicted molar refractivity (Wildman–Crippen MR) is 111 cm³/mol. The molecule has 0 unspecified atom stereocenters. The number of benzene rings is 1. The van der Waals surface area contributed by atoms with Gasteiger partial charge in [0.1, 0.15) is 11.4 Å². The normalized spacial score (nSPS) is 10.8.